The average Bonchev–Trinajstić information content (AvgIpc) is 2.24. The fraction of sp³-hybridized carbons (Fsp3) is 0.500. The van der Waals surface area contributed by atoms with E-state index < -0.39 is 0 Å². The first-order chi connectivity index (χ1) is 7.72. The summed E-state index contributed by atoms with van der Waals surface area (Å²) in [6.07, 6.45) is 3.78. The van der Waals surface area contributed by atoms with Gasteiger partial charge in [0.25, 0.3) is 0 Å². The fourth-order valence-corrected chi connectivity index (χ4v) is 2.79. The monoisotopic (exact) mass is 216 g/mol. The molecule has 0 aromatic carbocycles. The number of aryl methyl sites for hydroxylation is 1. The molecular weight excluding hydrogens is 200 g/mol. The molecule has 1 aliphatic carbocycles. The minimum absolute atomic E-state index is 0.272. The van der Waals surface area contributed by atoms with Crippen molar-refractivity contribution in [3.63, 3.8) is 0 Å². The minimum Gasteiger partial charge on any atom is -0.349 e. The summed E-state index contributed by atoms with van der Waals surface area (Å²) in [7, 11) is 0. The summed E-state index contributed by atoms with van der Waals surface area (Å²) in [4.78, 5) is 10.8. The standard InChI is InChI=1S/C12H16N4/c1-3-8-11(13)9-5-16(12(8)9)10-4-7(2)14-6-15-10/h3-4,6,9,11-12H,5,13H2,1-2H3/b8-3-. The Morgan fingerprint density at radius 3 is 3.00 bits per heavy atom. The molecule has 0 amide bonds. The summed E-state index contributed by atoms with van der Waals surface area (Å²) in [5.74, 6) is 1.65. The molecule has 3 unspecified atom stereocenters. The van der Waals surface area contributed by atoms with Crippen LogP contribution < -0.4 is 10.6 Å². The van der Waals surface area contributed by atoms with Gasteiger partial charge in [0, 0.05) is 30.3 Å². The second-order valence-electron chi connectivity index (χ2n) is 4.59. The van der Waals surface area contributed by atoms with Crippen LogP contribution in [0.2, 0.25) is 0 Å². The van der Waals surface area contributed by atoms with E-state index in [2.05, 4.69) is 27.9 Å². The lowest BCUT2D eigenvalue weighted by Crippen LogP contribution is -2.73. The highest BCUT2D eigenvalue weighted by Crippen LogP contribution is 2.46. The maximum absolute atomic E-state index is 6.06. The Balaban J connectivity index is 1.85. The van der Waals surface area contributed by atoms with Crippen LogP contribution in [0.4, 0.5) is 5.82 Å². The smallest absolute Gasteiger partial charge is 0.132 e. The van der Waals surface area contributed by atoms with E-state index in [4.69, 9.17) is 5.73 Å². The molecule has 1 saturated heterocycles. The van der Waals surface area contributed by atoms with Gasteiger partial charge in [0.1, 0.15) is 12.1 Å². The molecule has 4 nitrogen and oxygen atoms in total. The van der Waals surface area contributed by atoms with E-state index in [0.29, 0.717) is 12.0 Å². The molecule has 16 heavy (non-hydrogen) atoms. The predicted molar refractivity (Wildman–Crippen MR) is 63.1 cm³/mol. The van der Waals surface area contributed by atoms with E-state index >= 15 is 0 Å². The summed E-state index contributed by atoms with van der Waals surface area (Å²) < 4.78 is 0. The lowest BCUT2D eigenvalue weighted by atomic mass is 9.63. The molecule has 1 aromatic heterocycles. The number of nitrogens with two attached hydrogens (primary N) is 1. The van der Waals surface area contributed by atoms with Crippen molar-refractivity contribution in [1.82, 2.24) is 9.97 Å². The van der Waals surface area contributed by atoms with Gasteiger partial charge in [-0.2, -0.15) is 0 Å². The van der Waals surface area contributed by atoms with E-state index in [1.165, 1.54) is 5.57 Å². The average molecular weight is 216 g/mol. The number of anilines is 1. The van der Waals surface area contributed by atoms with Gasteiger partial charge in [-0.1, -0.05) is 6.08 Å². The van der Waals surface area contributed by atoms with E-state index in [-0.39, 0.29) is 6.04 Å². The Kier molecular flexibility index (Phi) is 2.01. The number of allylic oxidation sites excluding steroid dienone is 1. The van der Waals surface area contributed by atoms with Crippen LogP contribution in [0.15, 0.2) is 24.0 Å². The van der Waals surface area contributed by atoms with Gasteiger partial charge in [-0.05, 0) is 19.4 Å². The summed E-state index contributed by atoms with van der Waals surface area (Å²) >= 11 is 0. The fourth-order valence-electron chi connectivity index (χ4n) is 2.79. The van der Waals surface area contributed by atoms with Gasteiger partial charge < -0.3 is 10.6 Å². The zero-order valence-electron chi connectivity index (χ0n) is 9.59. The maximum Gasteiger partial charge on any atom is 0.132 e. The molecule has 3 rings (SSSR count). The largest absolute Gasteiger partial charge is 0.349 e. The van der Waals surface area contributed by atoms with Crippen LogP contribution in [0, 0.1) is 12.8 Å². The normalized spacial score (nSPS) is 34.3. The molecule has 0 spiro atoms. The van der Waals surface area contributed by atoms with Crippen molar-refractivity contribution in [2.75, 3.05) is 11.4 Å². The Morgan fingerprint density at radius 1 is 1.50 bits per heavy atom. The van der Waals surface area contributed by atoms with Gasteiger partial charge in [-0.3, -0.25) is 0 Å². The summed E-state index contributed by atoms with van der Waals surface area (Å²) in [6, 6.07) is 2.80. The van der Waals surface area contributed by atoms with Crippen molar-refractivity contribution < 1.29 is 0 Å². The predicted octanol–water partition coefficient (Wildman–Crippen LogP) is 0.877. The summed E-state index contributed by atoms with van der Waals surface area (Å²) in [5, 5.41) is 0. The van der Waals surface area contributed by atoms with Crippen molar-refractivity contribution in [2.24, 2.45) is 11.7 Å². The number of fused-ring (bicyclic) bond motifs is 1. The van der Waals surface area contributed by atoms with Crippen molar-refractivity contribution in [3.8, 4) is 0 Å². The van der Waals surface area contributed by atoms with Crippen LogP contribution in [0.5, 0.6) is 0 Å². The van der Waals surface area contributed by atoms with Gasteiger partial charge in [-0.15, -0.1) is 0 Å². The van der Waals surface area contributed by atoms with E-state index in [0.717, 1.165) is 18.1 Å². The zero-order valence-corrected chi connectivity index (χ0v) is 9.59. The molecule has 84 valence electrons. The van der Waals surface area contributed by atoms with Crippen LogP contribution in [0.1, 0.15) is 12.6 Å². The van der Waals surface area contributed by atoms with E-state index in [1.54, 1.807) is 6.33 Å². The number of nitrogens with zero attached hydrogens (tertiary/aromatic N) is 3. The Hall–Kier alpha value is -1.42. The van der Waals surface area contributed by atoms with Gasteiger partial charge in [0.2, 0.25) is 0 Å². The Labute approximate surface area is 95.2 Å². The number of piperidine rings is 1. The highest BCUT2D eigenvalue weighted by atomic mass is 15.3. The minimum atomic E-state index is 0.272. The van der Waals surface area contributed by atoms with E-state index in [1.807, 2.05) is 13.0 Å². The van der Waals surface area contributed by atoms with Crippen molar-refractivity contribution in [3.05, 3.63) is 29.7 Å². The lowest BCUT2D eigenvalue weighted by molar-refractivity contribution is 0.202. The number of hydrogen-bond acceptors (Lipinski definition) is 4. The molecule has 2 fully saturated rings. The molecule has 0 bridgehead atoms. The quantitative estimate of drug-likeness (QED) is 0.708. The van der Waals surface area contributed by atoms with Crippen molar-refractivity contribution in [1.29, 1.82) is 0 Å². The highest BCUT2D eigenvalue weighted by molar-refractivity contribution is 5.55. The molecule has 2 aliphatic rings. The maximum atomic E-state index is 6.06. The summed E-state index contributed by atoms with van der Waals surface area (Å²) in [6.45, 7) is 5.08. The van der Waals surface area contributed by atoms with Gasteiger partial charge >= 0.3 is 0 Å². The van der Waals surface area contributed by atoms with Crippen LogP contribution in [0.25, 0.3) is 0 Å². The van der Waals surface area contributed by atoms with Crippen LogP contribution >= 0.6 is 0 Å². The van der Waals surface area contributed by atoms with Crippen molar-refractivity contribution >= 4 is 5.82 Å². The van der Waals surface area contributed by atoms with Crippen LogP contribution in [-0.2, 0) is 0 Å². The zero-order chi connectivity index (χ0) is 11.3. The third-order valence-corrected chi connectivity index (χ3v) is 3.75. The Morgan fingerprint density at radius 2 is 2.31 bits per heavy atom. The third kappa shape index (κ3) is 1.13. The molecule has 2 heterocycles. The SMILES string of the molecule is C/C=C1/C(N)C2CN(c3cc(C)ncn3)C12. The highest BCUT2D eigenvalue weighted by Gasteiger charge is 2.55. The summed E-state index contributed by atoms with van der Waals surface area (Å²) in [5.41, 5.74) is 8.43. The second-order valence-corrected chi connectivity index (χ2v) is 4.59. The van der Waals surface area contributed by atoms with E-state index in [9.17, 15) is 0 Å². The van der Waals surface area contributed by atoms with Crippen LogP contribution in [0.3, 0.4) is 0 Å². The first-order valence-electron chi connectivity index (χ1n) is 5.69. The van der Waals surface area contributed by atoms with Gasteiger partial charge in [-0.25, -0.2) is 9.97 Å². The Bertz CT molecular complexity index is 454. The van der Waals surface area contributed by atoms with Gasteiger partial charge in [0.15, 0.2) is 0 Å². The van der Waals surface area contributed by atoms with Gasteiger partial charge in [0.05, 0.1) is 6.04 Å². The first kappa shape index (κ1) is 9.78. The third-order valence-electron chi connectivity index (χ3n) is 3.75. The molecule has 1 saturated carbocycles. The first-order valence-corrected chi connectivity index (χ1v) is 5.69. The number of hydrogen-bond donors (Lipinski definition) is 1. The van der Waals surface area contributed by atoms with Crippen molar-refractivity contribution in [2.45, 2.75) is 25.9 Å². The molecule has 4 heteroatoms. The molecule has 0 radical (unpaired) electrons. The molecule has 3 atom stereocenters. The number of aromatic nitrogens is 2. The lowest BCUT2D eigenvalue weighted by Gasteiger charge is -2.61. The molecule has 1 aromatic rings. The molecular formula is C12H16N4. The topological polar surface area (TPSA) is 55.0 Å². The molecule has 1 aliphatic heterocycles. The van der Waals surface area contributed by atoms with Crippen LogP contribution in [-0.4, -0.2) is 28.6 Å². The second kappa shape index (κ2) is 3.28. The molecule has 2 N–H and O–H groups in total. The number of rotatable bonds is 1.